The molecule has 145 valence electrons. The molecule has 1 aromatic rings. The van der Waals surface area contributed by atoms with E-state index < -0.39 is 5.97 Å². The van der Waals surface area contributed by atoms with Crippen molar-refractivity contribution >= 4 is 35.5 Å². The van der Waals surface area contributed by atoms with Crippen molar-refractivity contribution in [2.75, 3.05) is 6.61 Å². The summed E-state index contributed by atoms with van der Waals surface area (Å²) in [6.45, 7) is 2.40. The average molecular weight is 389 g/mol. The van der Waals surface area contributed by atoms with Gasteiger partial charge in [-0.25, -0.2) is 0 Å². The number of carboxylic acids is 1. The van der Waals surface area contributed by atoms with E-state index in [2.05, 4.69) is 17.9 Å². The Balaban J connectivity index is 0.00000280. The Kier molecular flexibility index (Phi) is 9.15. The normalized spacial score (nSPS) is 18.8. The minimum absolute atomic E-state index is 0. The number of aliphatic carboxylic acids is 1. The first kappa shape index (κ1) is 23.1. The van der Waals surface area contributed by atoms with Crippen LogP contribution in [0.5, 0.6) is 5.75 Å². The monoisotopic (exact) mass is 389 g/mol. The van der Waals surface area contributed by atoms with E-state index in [9.17, 15) is 4.79 Å². The molecule has 1 aromatic carbocycles. The van der Waals surface area contributed by atoms with E-state index in [-0.39, 0.29) is 41.9 Å². The van der Waals surface area contributed by atoms with Gasteiger partial charge < -0.3 is 9.84 Å². The summed E-state index contributed by atoms with van der Waals surface area (Å²) in [6, 6.07) is 7.74. The van der Waals surface area contributed by atoms with Gasteiger partial charge in [0.1, 0.15) is 12.4 Å². The Morgan fingerprint density at radius 2 is 1.82 bits per heavy atom. The van der Waals surface area contributed by atoms with Gasteiger partial charge in [0.05, 0.1) is 12.3 Å². The van der Waals surface area contributed by atoms with Crippen LogP contribution in [0.1, 0.15) is 76.2 Å². The topological polar surface area (TPSA) is 46.5 Å². The Labute approximate surface area is 191 Å². The van der Waals surface area contributed by atoms with Gasteiger partial charge in [-0.3, -0.25) is 4.79 Å². The van der Waals surface area contributed by atoms with Crippen LogP contribution in [0.3, 0.4) is 0 Å². The van der Waals surface area contributed by atoms with Crippen molar-refractivity contribution in [1.29, 1.82) is 0 Å². The number of rotatable bonds is 6. The zero-order chi connectivity index (χ0) is 19.1. The SMILES string of the molecule is CC#C[C@@H](CC(=O)O)c1ccc(OCC2=CC3(CCCCC3)CCC2)cc1.[Na]. The minimum atomic E-state index is -0.830. The molecule has 0 unspecified atom stereocenters. The van der Waals surface area contributed by atoms with Gasteiger partial charge >= 0.3 is 5.97 Å². The fraction of sp³-hybridized carbons (Fsp3) is 0.542. The quantitative estimate of drug-likeness (QED) is 0.406. The van der Waals surface area contributed by atoms with Crippen LogP contribution in [0.4, 0.5) is 0 Å². The molecule has 1 fully saturated rings. The standard InChI is InChI=1S/C24H30O3.Na/c1-2-7-21(16-23(25)26)20-9-11-22(12-10-20)27-18-19-8-6-15-24(17-19)13-4-3-5-14-24;/h9-12,17,21H,3-6,8,13-16,18H2,1H3,(H,25,26);/t21-;/m0./s1. The second-order valence-corrected chi connectivity index (χ2v) is 7.98. The first-order valence-electron chi connectivity index (χ1n) is 10.2. The molecule has 0 aliphatic heterocycles. The fourth-order valence-electron chi connectivity index (χ4n) is 4.58. The van der Waals surface area contributed by atoms with Crippen molar-refractivity contribution in [1.82, 2.24) is 0 Å². The maximum absolute atomic E-state index is 11.0. The van der Waals surface area contributed by atoms with Gasteiger partial charge in [0.15, 0.2) is 0 Å². The van der Waals surface area contributed by atoms with Crippen LogP contribution in [0.25, 0.3) is 0 Å². The zero-order valence-electron chi connectivity index (χ0n) is 17.3. The van der Waals surface area contributed by atoms with Gasteiger partial charge in [0, 0.05) is 29.6 Å². The Bertz CT molecular complexity index is 733. The van der Waals surface area contributed by atoms with E-state index in [1.807, 2.05) is 24.3 Å². The number of ether oxygens (including phenoxy) is 1. The second-order valence-electron chi connectivity index (χ2n) is 7.98. The van der Waals surface area contributed by atoms with E-state index in [1.54, 1.807) is 6.92 Å². The van der Waals surface area contributed by atoms with Gasteiger partial charge in [0.2, 0.25) is 0 Å². The van der Waals surface area contributed by atoms with Gasteiger partial charge in [-0.1, -0.05) is 43.4 Å². The molecule has 1 saturated carbocycles. The van der Waals surface area contributed by atoms with Gasteiger partial charge in [0.25, 0.3) is 0 Å². The third-order valence-electron chi connectivity index (χ3n) is 5.94. The van der Waals surface area contributed by atoms with Crippen molar-refractivity contribution in [3.05, 3.63) is 41.5 Å². The molecule has 2 aliphatic carbocycles. The molecule has 0 saturated heterocycles. The largest absolute Gasteiger partial charge is 0.489 e. The van der Waals surface area contributed by atoms with E-state index >= 15 is 0 Å². The summed E-state index contributed by atoms with van der Waals surface area (Å²) in [5, 5.41) is 9.06. The maximum atomic E-state index is 11.0. The summed E-state index contributed by atoms with van der Waals surface area (Å²) in [4.78, 5) is 11.0. The third-order valence-corrected chi connectivity index (χ3v) is 5.94. The van der Waals surface area contributed by atoms with Crippen LogP contribution in [0.2, 0.25) is 0 Å². The Hall–Kier alpha value is -1.21. The molecule has 0 heterocycles. The van der Waals surface area contributed by atoms with Crippen LogP contribution >= 0.6 is 0 Å². The molecule has 2 aliphatic rings. The van der Waals surface area contributed by atoms with E-state index in [1.165, 1.54) is 50.5 Å². The molecule has 1 radical (unpaired) electrons. The number of carbonyl (C=O) groups is 1. The number of benzene rings is 1. The molecule has 3 rings (SSSR count). The minimum Gasteiger partial charge on any atom is -0.489 e. The molecule has 1 spiro atoms. The Morgan fingerprint density at radius 1 is 1.14 bits per heavy atom. The molecule has 0 aromatic heterocycles. The summed E-state index contributed by atoms with van der Waals surface area (Å²) < 4.78 is 6.03. The summed E-state index contributed by atoms with van der Waals surface area (Å²) in [6.07, 6.45) is 13.1. The molecule has 4 heteroatoms. The summed E-state index contributed by atoms with van der Waals surface area (Å²) in [5.41, 5.74) is 2.81. The van der Waals surface area contributed by atoms with Gasteiger partial charge in [-0.05, 0) is 67.7 Å². The zero-order valence-corrected chi connectivity index (χ0v) is 19.3. The fourth-order valence-corrected chi connectivity index (χ4v) is 4.58. The van der Waals surface area contributed by atoms with Crippen LogP contribution in [0.15, 0.2) is 35.9 Å². The number of hydrogen-bond donors (Lipinski definition) is 1. The molecule has 1 atom stereocenters. The molecular weight excluding hydrogens is 359 g/mol. The second kappa shape index (κ2) is 11.1. The first-order valence-corrected chi connectivity index (χ1v) is 10.2. The van der Waals surface area contributed by atoms with Crippen molar-refractivity contribution < 1.29 is 14.6 Å². The van der Waals surface area contributed by atoms with Crippen LogP contribution in [-0.4, -0.2) is 47.2 Å². The van der Waals surface area contributed by atoms with Gasteiger partial charge in [-0.2, -0.15) is 0 Å². The summed E-state index contributed by atoms with van der Waals surface area (Å²) in [7, 11) is 0. The van der Waals surface area contributed by atoms with E-state index in [0.717, 1.165) is 17.7 Å². The molecule has 0 bridgehead atoms. The van der Waals surface area contributed by atoms with E-state index in [4.69, 9.17) is 9.84 Å². The molecule has 28 heavy (non-hydrogen) atoms. The van der Waals surface area contributed by atoms with Crippen molar-refractivity contribution in [3.8, 4) is 17.6 Å². The van der Waals surface area contributed by atoms with Gasteiger partial charge in [-0.15, -0.1) is 5.92 Å². The Morgan fingerprint density at radius 3 is 2.46 bits per heavy atom. The summed E-state index contributed by atoms with van der Waals surface area (Å²) >= 11 is 0. The van der Waals surface area contributed by atoms with Crippen LogP contribution < -0.4 is 4.74 Å². The van der Waals surface area contributed by atoms with Crippen molar-refractivity contribution in [3.63, 3.8) is 0 Å². The smallest absolute Gasteiger partial charge is 0.304 e. The van der Waals surface area contributed by atoms with Crippen molar-refractivity contribution in [2.45, 2.75) is 70.6 Å². The summed E-state index contributed by atoms with van der Waals surface area (Å²) in [5.74, 6) is 5.55. The predicted octanol–water partition coefficient (Wildman–Crippen LogP) is 5.33. The first-order chi connectivity index (χ1) is 13.1. The molecule has 0 amide bonds. The number of hydrogen-bond acceptors (Lipinski definition) is 2. The molecular formula is C24H30NaO3. The maximum Gasteiger partial charge on any atom is 0.304 e. The van der Waals surface area contributed by atoms with Crippen molar-refractivity contribution in [2.24, 2.45) is 5.41 Å². The number of allylic oxidation sites excluding steroid dienone is 1. The predicted molar refractivity (Wildman–Crippen MR) is 114 cm³/mol. The molecule has 1 N–H and O–H groups in total. The average Bonchev–Trinajstić information content (AvgIpc) is 2.67. The van der Waals surface area contributed by atoms with Crippen LogP contribution in [-0.2, 0) is 4.79 Å². The number of carboxylic acid groups (broad SMARTS) is 1. The molecule has 3 nitrogen and oxygen atoms in total. The third kappa shape index (κ3) is 6.41. The van der Waals surface area contributed by atoms with E-state index in [0.29, 0.717) is 12.0 Å². The van der Waals surface area contributed by atoms with Crippen LogP contribution in [0, 0.1) is 17.3 Å².